The fourth-order valence-corrected chi connectivity index (χ4v) is 3.81. The van der Waals surface area contributed by atoms with Crippen molar-refractivity contribution in [2.24, 2.45) is 0 Å². The standard InChI is InChI=1S/C19H25N3O2/c1-3-15-8-6-7-11-21(15)13-18-20-17-10-5-4-9-16(17)19(24)22(18)12-14(2)23/h4-5,9-10,15H,3,6-8,11-13H2,1-2H3/p+1/t15-/m1/s1. The second-order valence-corrected chi connectivity index (χ2v) is 6.82. The van der Waals surface area contributed by atoms with Crippen molar-refractivity contribution in [3.05, 3.63) is 40.4 Å². The topological polar surface area (TPSA) is 56.4 Å². The maximum absolute atomic E-state index is 12.8. The van der Waals surface area contributed by atoms with Gasteiger partial charge in [0.2, 0.25) is 0 Å². The van der Waals surface area contributed by atoms with E-state index in [1.807, 2.05) is 18.2 Å². The molecule has 1 aliphatic rings. The molecule has 1 aromatic carbocycles. The first kappa shape index (κ1) is 16.8. The minimum absolute atomic E-state index is 0.0175. The number of ketones is 1. The van der Waals surface area contributed by atoms with Crippen molar-refractivity contribution in [1.82, 2.24) is 9.55 Å². The molecule has 1 saturated heterocycles. The van der Waals surface area contributed by atoms with Gasteiger partial charge >= 0.3 is 0 Å². The molecule has 2 aromatic rings. The van der Waals surface area contributed by atoms with Crippen LogP contribution in [0.3, 0.4) is 0 Å². The Hall–Kier alpha value is -2.01. The molecule has 0 amide bonds. The van der Waals surface area contributed by atoms with E-state index in [9.17, 15) is 9.59 Å². The molecule has 0 aliphatic carbocycles. The van der Waals surface area contributed by atoms with Crippen molar-refractivity contribution in [1.29, 1.82) is 0 Å². The van der Waals surface area contributed by atoms with Crippen LogP contribution in [0, 0.1) is 0 Å². The summed E-state index contributed by atoms with van der Waals surface area (Å²) in [4.78, 5) is 30.7. The lowest BCUT2D eigenvalue weighted by molar-refractivity contribution is -0.944. The molecule has 1 aliphatic heterocycles. The number of piperidine rings is 1. The average Bonchev–Trinajstić information content (AvgIpc) is 2.58. The van der Waals surface area contributed by atoms with Gasteiger partial charge in [-0.2, -0.15) is 0 Å². The van der Waals surface area contributed by atoms with Crippen molar-refractivity contribution < 1.29 is 9.69 Å². The number of para-hydroxylation sites is 1. The van der Waals surface area contributed by atoms with Crippen LogP contribution in [0.5, 0.6) is 0 Å². The molecular formula is C19H26N3O2+. The van der Waals surface area contributed by atoms with Gasteiger partial charge in [-0.3, -0.25) is 14.2 Å². The minimum atomic E-state index is -0.102. The van der Waals surface area contributed by atoms with E-state index in [0.29, 0.717) is 18.0 Å². The van der Waals surface area contributed by atoms with Crippen molar-refractivity contribution >= 4 is 16.7 Å². The van der Waals surface area contributed by atoms with E-state index in [1.165, 1.54) is 31.1 Å². The summed E-state index contributed by atoms with van der Waals surface area (Å²) in [5, 5.41) is 0.586. The Balaban J connectivity index is 2.04. The first-order valence-corrected chi connectivity index (χ1v) is 8.92. The first-order valence-electron chi connectivity index (χ1n) is 8.92. The van der Waals surface area contributed by atoms with Gasteiger partial charge in [-0.05, 0) is 44.7 Å². The molecule has 5 heteroatoms. The predicted octanol–water partition coefficient (Wildman–Crippen LogP) is 1.33. The zero-order valence-electron chi connectivity index (χ0n) is 14.5. The highest BCUT2D eigenvalue weighted by molar-refractivity contribution is 5.79. The van der Waals surface area contributed by atoms with Crippen LogP contribution >= 0.6 is 0 Å². The lowest BCUT2D eigenvalue weighted by Crippen LogP contribution is -3.15. The number of likely N-dealkylation sites (tertiary alicyclic amines) is 1. The first-order chi connectivity index (χ1) is 11.6. The zero-order valence-corrected chi connectivity index (χ0v) is 14.5. The number of hydrogen-bond acceptors (Lipinski definition) is 3. The van der Waals surface area contributed by atoms with Crippen molar-refractivity contribution in [3.8, 4) is 0 Å². The highest BCUT2D eigenvalue weighted by atomic mass is 16.1. The Morgan fingerprint density at radius 1 is 1.33 bits per heavy atom. The fraction of sp³-hybridized carbons (Fsp3) is 0.526. The summed E-state index contributed by atoms with van der Waals surface area (Å²) < 4.78 is 1.58. The maximum Gasteiger partial charge on any atom is 0.261 e. The van der Waals surface area contributed by atoms with E-state index < -0.39 is 0 Å². The minimum Gasteiger partial charge on any atom is -0.326 e. The number of quaternary nitrogens is 1. The second-order valence-electron chi connectivity index (χ2n) is 6.82. The normalized spacial score (nSPS) is 21.1. The van der Waals surface area contributed by atoms with Crippen LogP contribution in [0.15, 0.2) is 29.1 Å². The van der Waals surface area contributed by atoms with Crippen LogP contribution in [0.4, 0.5) is 0 Å². The van der Waals surface area contributed by atoms with Gasteiger partial charge in [0, 0.05) is 0 Å². The number of rotatable bonds is 5. The fourth-order valence-electron chi connectivity index (χ4n) is 3.81. The van der Waals surface area contributed by atoms with Crippen LogP contribution in [-0.4, -0.2) is 27.9 Å². The monoisotopic (exact) mass is 328 g/mol. The summed E-state index contributed by atoms with van der Waals surface area (Å²) in [6.45, 7) is 5.68. The summed E-state index contributed by atoms with van der Waals surface area (Å²) in [5.41, 5.74) is 0.622. The van der Waals surface area contributed by atoms with Crippen molar-refractivity contribution in [2.45, 2.75) is 58.7 Å². The van der Waals surface area contributed by atoms with Crippen LogP contribution in [0.25, 0.3) is 10.9 Å². The molecule has 0 spiro atoms. The molecule has 0 saturated carbocycles. The molecule has 3 rings (SSSR count). The number of carbonyl (C=O) groups excluding carboxylic acids is 1. The van der Waals surface area contributed by atoms with Gasteiger partial charge in [-0.25, -0.2) is 4.98 Å². The smallest absolute Gasteiger partial charge is 0.261 e. The largest absolute Gasteiger partial charge is 0.326 e. The number of fused-ring (bicyclic) bond motifs is 1. The van der Waals surface area contributed by atoms with Gasteiger partial charge in [0.05, 0.1) is 30.0 Å². The third kappa shape index (κ3) is 3.41. The van der Waals surface area contributed by atoms with Crippen molar-refractivity contribution in [3.63, 3.8) is 0 Å². The number of carbonyl (C=O) groups is 1. The van der Waals surface area contributed by atoms with Gasteiger partial charge in [0.25, 0.3) is 5.56 Å². The Bertz CT molecular complexity index is 797. The molecule has 1 N–H and O–H groups in total. The number of nitrogens with one attached hydrogen (secondary N) is 1. The van der Waals surface area contributed by atoms with Gasteiger partial charge in [0.15, 0.2) is 5.82 Å². The lowest BCUT2D eigenvalue weighted by Gasteiger charge is -2.32. The average molecular weight is 328 g/mol. The van der Waals surface area contributed by atoms with Gasteiger partial charge in [-0.1, -0.05) is 19.1 Å². The summed E-state index contributed by atoms with van der Waals surface area (Å²) in [6.07, 6.45) is 4.87. The molecule has 128 valence electrons. The SMILES string of the molecule is CC[C@@H]1CCCC[NH+]1Cc1nc2ccccc2c(=O)n1CC(C)=O. The number of Topliss-reactive ketones (excluding diaryl/α,β-unsaturated/α-hetero) is 1. The van der Waals surface area contributed by atoms with E-state index in [1.54, 1.807) is 10.6 Å². The van der Waals surface area contributed by atoms with Gasteiger partial charge in [-0.15, -0.1) is 0 Å². The molecule has 0 bridgehead atoms. The number of nitrogens with zero attached hydrogens (tertiary/aromatic N) is 2. The molecule has 1 aromatic heterocycles. The summed E-state index contributed by atoms with van der Waals surface area (Å²) in [6, 6.07) is 8.02. The molecule has 24 heavy (non-hydrogen) atoms. The van der Waals surface area contributed by atoms with Crippen LogP contribution in [-0.2, 0) is 17.9 Å². The highest BCUT2D eigenvalue weighted by Gasteiger charge is 2.26. The highest BCUT2D eigenvalue weighted by Crippen LogP contribution is 2.10. The lowest BCUT2D eigenvalue weighted by atomic mass is 10.00. The summed E-state index contributed by atoms with van der Waals surface area (Å²) in [5.74, 6) is 0.723. The van der Waals surface area contributed by atoms with E-state index >= 15 is 0 Å². The predicted molar refractivity (Wildman–Crippen MR) is 94.1 cm³/mol. The van der Waals surface area contributed by atoms with E-state index in [4.69, 9.17) is 4.98 Å². The Morgan fingerprint density at radius 2 is 2.12 bits per heavy atom. The van der Waals surface area contributed by atoms with Crippen molar-refractivity contribution in [2.75, 3.05) is 6.54 Å². The molecule has 1 fully saturated rings. The quantitative estimate of drug-likeness (QED) is 0.901. The third-order valence-electron chi connectivity index (χ3n) is 5.08. The molecule has 1 unspecified atom stereocenters. The van der Waals surface area contributed by atoms with Gasteiger partial charge < -0.3 is 4.90 Å². The molecular weight excluding hydrogens is 302 g/mol. The molecule has 2 heterocycles. The van der Waals surface area contributed by atoms with Crippen LogP contribution in [0.2, 0.25) is 0 Å². The maximum atomic E-state index is 12.8. The second kappa shape index (κ2) is 7.26. The molecule has 2 atom stereocenters. The number of benzene rings is 1. The summed E-state index contributed by atoms with van der Waals surface area (Å²) >= 11 is 0. The number of hydrogen-bond donors (Lipinski definition) is 1. The van der Waals surface area contributed by atoms with E-state index in [0.717, 1.165) is 24.3 Å². The molecule has 0 radical (unpaired) electrons. The third-order valence-corrected chi connectivity index (χ3v) is 5.08. The van der Waals surface area contributed by atoms with E-state index in [-0.39, 0.29) is 17.9 Å². The zero-order chi connectivity index (χ0) is 17.1. The molecule has 5 nitrogen and oxygen atoms in total. The Morgan fingerprint density at radius 3 is 2.88 bits per heavy atom. The Kier molecular flexibility index (Phi) is 5.09. The van der Waals surface area contributed by atoms with Crippen LogP contribution in [0.1, 0.15) is 45.4 Å². The number of aromatic nitrogens is 2. The van der Waals surface area contributed by atoms with Gasteiger partial charge in [0.1, 0.15) is 12.3 Å². The van der Waals surface area contributed by atoms with Crippen LogP contribution < -0.4 is 10.5 Å². The summed E-state index contributed by atoms with van der Waals surface area (Å²) in [7, 11) is 0. The Labute approximate surface area is 142 Å². The van der Waals surface area contributed by atoms with E-state index in [2.05, 4.69) is 6.92 Å².